The van der Waals surface area contributed by atoms with Crippen molar-refractivity contribution in [2.45, 2.75) is 25.6 Å². The Kier molecular flexibility index (Phi) is 5.51. The summed E-state index contributed by atoms with van der Waals surface area (Å²) in [6.45, 7) is 6.48. The normalized spacial score (nSPS) is 18.4. The number of carbonyl (C=O) groups excluding carboxylic acids is 1. The zero-order valence-corrected chi connectivity index (χ0v) is 13.3. The van der Waals surface area contributed by atoms with Crippen LogP contribution in [0.15, 0.2) is 24.3 Å². The Morgan fingerprint density at radius 2 is 2.38 bits per heavy atom. The summed E-state index contributed by atoms with van der Waals surface area (Å²) in [6.07, 6.45) is 0. The zero-order valence-electron chi connectivity index (χ0n) is 12.5. The Bertz CT molecular complexity index is 539. The van der Waals surface area contributed by atoms with E-state index in [1.807, 2.05) is 34.9 Å². The number of thioether (sulfide) groups is 1. The molecule has 1 N–H and O–H groups in total. The predicted molar refractivity (Wildman–Crippen MR) is 86.0 cm³/mol. The first-order valence-corrected chi connectivity index (χ1v) is 8.28. The molecule has 0 aromatic heterocycles. The summed E-state index contributed by atoms with van der Waals surface area (Å²) < 4.78 is 0. The highest BCUT2D eigenvalue weighted by Gasteiger charge is 2.25. The van der Waals surface area contributed by atoms with Crippen molar-refractivity contribution in [1.82, 2.24) is 10.2 Å². The van der Waals surface area contributed by atoms with Gasteiger partial charge in [0.15, 0.2) is 0 Å². The third kappa shape index (κ3) is 4.40. The fraction of sp³-hybridized carbons (Fsp3) is 0.500. The molecule has 2 rings (SSSR count). The van der Waals surface area contributed by atoms with E-state index in [1.54, 1.807) is 6.07 Å². The molecule has 21 heavy (non-hydrogen) atoms. The van der Waals surface area contributed by atoms with Gasteiger partial charge in [0.1, 0.15) is 0 Å². The lowest BCUT2D eigenvalue weighted by Crippen LogP contribution is -2.47. The number of carbonyl (C=O) groups is 1. The van der Waals surface area contributed by atoms with Crippen LogP contribution in [0.4, 0.5) is 4.79 Å². The van der Waals surface area contributed by atoms with E-state index in [9.17, 15) is 4.79 Å². The Labute approximate surface area is 130 Å². The Morgan fingerprint density at radius 1 is 1.57 bits per heavy atom. The third-order valence-electron chi connectivity index (χ3n) is 3.62. The van der Waals surface area contributed by atoms with Crippen LogP contribution in [0.25, 0.3) is 0 Å². The summed E-state index contributed by atoms with van der Waals surface area (Å²) in [5.41, 5.74) is 1.57. The summed E-state index contributed by atoms with van der Waals surface area (Å²) in [6, 6.07) is 9.43. The van der Waals surface area contributed by atoms with Gasteiger partial charge in [-0.3, -0.25) is 0 Å². The maximum atomic E-state index is 12.2. The van der Waals surface area contributed by atoms with Gasteiger partial charge in [0.2, 0.25) is 0 Å². The SMILES string of the molecule is CC(C)C1CN(C(=O)NCc2cccc(C#N)c2)CCS1. The molecule has 0 aliphatic carbocycles. The molecule has 1 fully saturated rings. The van der Waals surface area contributed by atoms with E-state index in [2.05, 4.69) is 25.2 Å². The lowest BCUT2D eigenvalue weighted by atomic mass is 10.1. The predicted octanol–water partition coefficient (Wildman–Crippen LogP) is 2.84. The minimum Gasteiger partial charge on any atom is -0.334 e. The highest BCUT2D eigenvalue weighted by atomic mass is 32.2. The van der Waals surface area contributed by atoms with Crippen molar-refractivity contribution in [2.24, 2.45) is 5.92 Å². The van der Waals surface area contributed by atoms with Crippen LogP contribution in [-0.2, 0) is 6.54 Å². The lowest BCUT2D eigenvalue weighted by Gasteiger charge is -2.34. The molecule has 2 amide bonds. The lowest BCUT2D eigenvalue weighted by molar-refractivity contribution is 0.196. The third-order valence-corrected chi connectivity index (χ3v) is 5.16. The van der Waals surface area contributed by atoms with Gasteiger partial charge in [-0.2, -0.15) is 17.0 Å². The number of hydrogen-bond acceptors (Lipinski definition) is 3. The molecular formula is C16H21N3OS. The van der Waals surface area contributed by atoms with Crippen molar-refractivity contribution in [1.29, 1.82) is 5.26 Å². The van der Waals surface area contributed by atoms with Crippen LogP contribution in [0.3, 0.4) is 0 Å². The molecule has 1 aromatic rings. The summed E-state index contributed by atoms with van der Waals surface area (Å²) in [4.78, 5) is 14.1. The number of urea groups is 1. The molecule has 1 aliphatic rings. The Hall–Kier alpha value is -1.67. The van der Waals surface area contributed by atoms with E-state index in [0.717, 1.165) is 24.4 Å². The van der Waals surface area contributed by atoms with Crippen LogP contribution < -0.4 is 5.32 Å². The number of benzene rings is 1. The van der Waals surface area contributed by atoms with Crippen molar-refractivity contribution in [2.75, 3.05) is 18.8 Å². The molecule has 0 bridgehead atoms. The summed E-state index contributed by atoms with van der Waals surface area (Å²) in [7, 11) is 0. The van der Waals surface area contributed by atoms with Crippen LogP contribution in [0.1, 0.15) is 25.0 Å². The van der Waals surface area contributed by atoms with Gasteiger partial charge in [0.05, 0.1) is 11.6 Å². The van der Waals surface area contributed by atoms with Crippen LogP contribution in [-0.4, -0.2) is 35.0 Å². The number of nitriles is 1. The zero-order chi connectivity index (χ0) is 15.2. The van der Waals surface area contributed by atoms with Gasteiger partial charge < -0.3 is 10.2 Å². The van der Waals surface area contributed by atoms with Gasteiger partial charge in [-0.1, -0.05) is 26.0 Å². The second-order valence-electron chi connectivity index (χ2n) is 5.57. The molecule has 5 heteroatoms. The topological polar surface area (TPSA) is 56.1 Å². The van der Waals surface area contributed by atoms with E-state index in [4.69, 9.17) is 5.26 Å². The number of rotatable bonds is 3. The maximum absolute atomic E-state index is 12.2. The van der Waals surface area contributed by atoms with Crippen LogP contribution in [0, 0.1) is 17.2 Å². The van der Waals surface area contributed by atoms with Crippen molar-refractivity contribution in [3.8, 4) is 6.07 Å². The minimum atomic E-state index is -0.0108. The van der Waals surface area contributed by atoms with E-state index < -0.39 is 0 Å². The molecule has 0 spiro atoms. The first-order chi connectivity index (χ1) is 10.1. The summed E-state index contributed by atoms with van der Waals surface area (Å²) >= 11 is 1.95. The smallest absolute Gasteiger partial charge is 0.317 e. The summed E-state index contributed by atoms with van der Waals surface area (Å²) in [5, 5.41) is 12.3. The average molecular weight is 303 g/mol. The highest BCUT2D eigenvalue weighted by Crippen LogP contribution is 2.24. The van der Waals surface area contributed by atoms with E-state index in [1.165, 1.54) is 0 Å². The van der Waals surface area contributed by atoms with Gasteiger partial charge in [-0.25, -0.2) is 4.79 Å². The van der Waals surface area contributed by atoms with Gasteiger partial charge >= 0.3 is 6.03 Å². The minimum absolute atomic E-state index is 0.0108. The fourth-order valence-electron chi connectivity index (χ4n) is 2.30. The van der Waals surface area contributed by atoms with Gasteiger partial charge in [0.25, 0.3) is 0 Å². The van der Waals surface area contributed by atoms with Crippen molar-refractivity contribution in [3.63, 3.8) is 0 Å². The number of nitrogens with one attached hydrogen (secondary N) is 1. The van der Waals surface area contributed by atoms with Crippen molar-refractivity contribution < 1.29 is 4.79 Å². The molecule has 1 atom stereocenters. The first kappa shape index (κ1) is 15.7. The van der Waals surface area contributed by atoms with Gasteiger partial charge in [0, 0.05) is 30.6 Å². The molecule has 0 radical (unpaired) electrons. The standard InChI is InChI=1S/C16H21N3OS/c1-12(2)15-11-19(6-7-21-15)16(20)18-10-14-5-3-4-13(8-14)9-17/h3-5,8,12,15H,6-7,10-11H2,1-2H3,(H,18,20). The molecule has 1 aromatic carbocycles. The van der Waals surface area contributed by atoms with Crippen LogP contribution >= 0.6 is 11.8 Å². The molecule has 1 saturated heterocycles. The molecule has 1 unspecified atom stereocenters. The Balaban J connectivity index is 1.88. The molecular weight excluding hydrogens is 282 g/mol. The number of hydrogen-bond donors (Lipinski definition) is 1. The van der Waals surface area contributed by atoms with Crippen LogP contribution in [0.5, 0.6) is 0 Å². The molecule has 0 saturated carbocycles. The van der Waals surface area contributed by atoms with E-state index >= 15 is 0 Å². The van der Waals surface area contributed by atoms with Crippen LogP contribution in [0.2, 0.25) is 0 Å². The monoisotopic (exact) mass is 303 g/mol. The molecule has 4 nitrogen and oxygen atoms in total. The van der Waals surface area contributed by atoms with E-state index in [-0.39, 0.29) is 6.03 Å². The van der Waals surface area contributed by atoms with Gasteiger partial charge in [-0.15, -0.1) is 0 Å². The average Bonchev–Trinajstić information content (AvgIpc) is 2.53. The second-order valence-corrected chi connectivity index (χ2v) is 6.92. The highest BCUT2D eigenvalue weighted by molar-refractivity contribution is 8.00. The second kappa shape index (κ2) is 7.37. The fourth-order valence-corrected chi connectivity index (χ4v) is 3.60. The molecule has 1 heterocycles. The van der Waals surface area contributed by atoms with E-state index in [0.29, 0.717) is 23.3 Å². The molecule has 1 aliphatic heterocycles. The largest absolute Gasteiger partial charge is 0.334 e. The molecule has 112 valence electrons. The Morgan fingerprint density at radius 3 is 3.10 bits per heavy atom. The maximum Gasteiger partial charge on any atom is 0.317 e. The van der Waals surface area contributed by atoms with Crippen molar-refractivity contribution in [3.05, 3.63) is 35.4 Å². The summed E-state index contributed by atoms with van der Waals surface area (Å²) in [5.74, 6) is 1.58. The van der Waals surface area contributed by atoms with Crippen molar-refractivity contribution >= 4 is 17.8 Å². The number of nitrogens with zero attached hydrogens (tertiary/aromatic N) is 2. The van der Waals surface area contributed by atoms with Gasteiger partial charge in [-0.05, 0) is 23.6 Å². The quantitative estimate of drug-likeness (QED) is 0.934. The number of amides is 2. The first-order valence-electron chi connectivity index (χ1n) is 7.23.